The molecule has 16 heavy (non-hydrogen) atoms. The van der Waals surface area contributed by atoms with E-state index in [0.717, 1.165) is 19.4 Å². The Balaban J connectivity index is 1.80. The minimum atomic E-state index is 0.280. The van der Waals surface area contributed by atoms with Gasteiger partial charge < -0.3 is 15.8 Å². The fraction of sp³-hybridized carbons (Fsp3) is 1.00. The van der Waals surface area contributed by atoms with E-state index in [1.54, 1.807) is 0 Å². The Morgan fingerprint density at radius 2 is 2.06 bits per heavy atom. The Morgan fingerprint density at radius 3 is 2.56 bits per heavy atom. The van der Waals surface area contributed by atoms with Gasteiger partial charge in [-0.15, -0.1) is 0 Å². The molecule has 0 spiro atoms. The predicted molar refractivity (Wildman–Crippen MR) is 66.4 cm³/mol. The summed E-state index contributed by atoms with van der Waals surface area (Å²) in [5, 5.41) is 3.76. The van der Waals surface area contributed by atoms with E-state index in [1.807, 2.05) is 0 Å². The van der Waals surface area contributed by atoms with Crippen LogP contribution in [-0.2, 0) is 4.74 Å². The number of nitrogens with one attached hydrogen (secondary N) is 1. The summed E-state index contributed by atoms with van der Waals surface area (Å²) in [6.45, 7) is 7.52. The minimum absolute atomic E-state index is 0.280. The summed E-state index contributed by atoms with van der Waals surface area (Å²) < 4.78 is 5.74. The number of rotatable bonds is 4. The molecule has 0 aliphatic heterocycles. The molecule has 2 aliphatic rings. The lowest BCUT2D eigenvalue weighted by atomic mass is 9.64. The van der Waals surface area contributed by atoms with Gasteiger partial charge in [-0.05, 0) is 32.6 Å². The first-order valence-electron chi connectivity index (χ1n) is 6.67. The fourth-order valence-corrected chi connectivity index (χ4v) is 3.10. The molecule has 2 saturated carbocycles. The van der Waals surface area contributed by atoms with Crippen LogP contribution in [0.25, 0.3) is 0 Å². The van der Waals surface area contributed by atoms with Crippen LogP contribution in [0.2, 0.25) is 0 Å². The number of hydrogen-bond donors (Lipinski definition) is 2. The van der Waals surface area contributed by atoms with E-state index in [9.17, 15) is 0 Å². The summed E-state index contributed by atoms with van der Waals surface area (Å²) in [7, 11) is 0. The van der Waals surface area contributed by atoms with Crippen LogP contribution in [0.15, 0.2) is 0 Å². The highest BCUT2D eigenvalue weighted by atomic mass is 16.5. The molecule has 0 aromatic heterocycles. The maximum absolute atomic E-state index is 5.94. The molecular weight excluding hydrogens is 200 g/mol. The molecule has 0 aromatic carbocycles. The van der Waals surface area contributed by atoms with Crippen molar-refractivity contribution in [3.8, 4) is 0 Å². The molecule has 0 amide bonds. The topological polar surface area (TPSA) is 47.3 Å². The first-order valence-corrected chi connectivity index (χ1v) is 6.67. The Hall–Kier alpha value is -0.120. The van der Waals surface area contributed by atoms with Crippen LogP contribution in [0.1, 0.15) is 46.5 Å². The second-order valence-electron chi connectivity index (χ2n) is 5.99. The van der Waals surface area contributed by atoms with Crippen molar-refractivity contribution in [2.75, 3.05) is 6.61 Å². The average molecular weight is 226 g/mol. The minimum Gasteiger partial charge on any atom is -0.378 e. The monoisotopic (exact) mass is 226 g/mol. The third-order valence-electron chi connectivity index (χ3n) is 4.46. The molecular formula is C13H26N2O. The van der Waals surface area contributed by atoms with Gasteiger partial charge in [0, 0.05) is 30.1 Å². The number of hydrogen-bond acceptors (Lipinski definition) is 3. The van der Waals surface area contributed by atoms with Crippen molar-refractivity contribution >= 4 is 0 Å². The van der Waals surface area contributed by atoms with Gasteiger partial charge in [0.1, 0.15) is 0 Å². The average Bonchev–Trinajstić information content (AvgIpc) is 2.63. The van der Waals surface area contributed by atoms with Gasteiger partial charge in [-0.1, -0.05) is 13.8 Å². The van der Waals surface area contributed by atoms with Gasteiger partial charge in [0.05, 0.1) is 6.10 Å². The molecule has 3 heteroatoms. The molecule has 0 heterocycles. The van der Waals surface area contributed by atoms with Crippen molar-refractivity contribution in [3.63, 3.8) is 0 Å². The zero-order valence-corrected chi connectivity index (χ0v) is 10.8. The number of nitrogens with two attached hydrogens (primary N) is 1. The Morgan fingerprint density at radius 1 is 1.31 bits per heavy atom. The molecule has 0 bridgehead atoms. The van der Waals surface area contributed by atoms with Crippen LogP contribution in [0, 0.1) is 5.41 Å². The van der Waals surface area contributed by atoms with Crippen LogP contribution in [0.3, 0.4) is 0 Å². The van der Waals surface area contributed by atoms with Crippen molar-refractivity contribution in [1.29, 1.82) is 0 Å². The molecule has 3 N–H and O–H groups in total. The van der Waals surface area contributed by atoms with E-state index < -0.39 is 0 Å². The fourth-order valence-electron chi connectivity index (χ4n) is 3.10. The Bertz CT molecular complexity index is 242. The maximum atomic E-state index is 5.94. The molecule has 0 saturated heterocycles. The third-order valence-corrected chi connectivity index (χ3v) is 4.46. The van der Waals surface area contributed by atoms with Gasteiger partial charge in [0.2, 0.25) is 0 Å². The smallest absolute Gasteiger partial charge is 0.0655 e. The normalized spacial score (nSPS) is 42.0. The van der Waals surface area contributed by atoms with Crippen LogP contribution < -0.4 is 11.1 Å². The first-order chi connectivity index (χ1) is 7.54. The number of ether oxygens (including phenoxy) is 1. The molecule has 4 atom stereocenters. The van der Waals surface area contributed by atoms with E-state index >= 15 is 0 Å². The van der Waals surface area contributed by atoms with Crippen molar-refractivity contribution in [2.45, 2.75) is 70.7 Å². The van der Waals surface area contributed by atoms with Gasteiger partial charge in [-0.3, -0.25) is 0 Å². The van der Waals surface area contributed by atoms with Crippen molar-refractivity contribution in [2.24, 2.45) is 11.1 Å². The summed E-state index contributed by atoms with van der Waals surface area (Å²) in [4.78, 5) is 0. The lowest BCUT2D eigenvalue weighted by molar-refractivity contribution is -0.116. The van der Waals surface area contributed by atoms with Gasteiger partial charge in [-0.25, -0.2) is 0 Å². The predicted octanol–water partition coefficient (Wildman–Crippen LogP) is 1.66. The van der Waals surface area contributed by atoms with Gasteiger partial charge in [-0.2, -0.15) is 0 Å². The third kappa shape index (κ3) is 2.27. The molecule has 0 radical (unpaired) electrons. The Labute approximate surface area is 99.1 Å². The van der Waals surface area contributed by atoms with Crippen molar-refractivity contribution in [3.05, 3.63) is 0 Å². The molecule has 4 unspecified atom stereocenters. The molecule has 94 valence electrons. The summed E-state index contributed by atoms with van der Waals surface area (Å²) >= 11 is 0. The summed E-state index contributed by atoms with van der Waals surface area (Å²) in [5.74, 6) is 0. The van der Waals surface area contributed by atoms with E-state index in [4.69, 9.17) is 10.5 Å². The van der Waals surface area contributed by atoms with Crippen LogP contribution in [0.4, 0.5) is 0 Å². The molecule has 2 rings (SSSR count). The van der Waals surface area contributed by atoms with Crippen molar-refractivity contribution < 1.29 is 4.74 Å². The van der Waals surface area contributed by atoms with Crippen LogP contribution >= 0.6 is 0 Å². The Kier molecular flexibility index (Phi) is 3.57. The van der Waals surface area contributed by atoms with Gasteiger partial charge in [0.15, 0.2) is 0 Å². The largest absolute Gasteiger partial charge is 0.378 e. The van der Waals surface area contributed by atoms with Crippen molar-refractivity contribution in [1.82, 2.24) is 5.32 Å². The molecule has 3 nitrogen and oxygen atoms in total. The first kappa shape index (κ1) is 12.3. The summed E-state index contributed by atoms with van der Waals surface area (Å²) in [6, 6.07) is 1.67. The highest BCUT2D eigenvalue weighted by Crippen LogP contribution is 2.43. The van der Waals surface area contributed by atoms with Gasteiger partial charge in [0.25, 0.3) is 0 Å². The molecule has 2 fully saturated rings. The van der Waals surface area contributed by atoms with Gasteiger partial charge >= 0.3 is 0 Å². The van der Waals surface area contributed by atoms with E-state index in [1.165, 1.54) is 12.8 Å². The standard InChI is InChI=1S/C13H26N2O/c1-4-16-12-8-11(13(12,2)3)15-10-6-5-9(14)7-10/h9-12,15H,4-8,14H2,1-3H3. The highest BCUT2D eigenvalue weighted by Gasteiger charge is 2.49. The quantitative estimate of drug-likeness (QED) is 0.766. The SMILES string of the molecule is CCOC1CC(NC2CCC(N)C2)C1(C)C. The summed E-state index contributed by atoms with van der Waals surface area (Å²) in [5.41, 5.74) is 6.22. The molecule has 2 aliphatic carbocycles. The lowest BCUT2D eigenvalue weighted by Gasteiger charge is -2.52. The summed E-state index contributed by atoms with van der Waals surface area (Å²) in [6.07, 6.45) is 5.16. The van der Waals surface area contributed by atoms with Crippen LogP contribution in [-0.4, -0.2) is 30.8 Å². The second-order valence-corrected chi connectivity index (χ2v) is 5.99. The maximum Gasteiger partial charge on any atom is 0.0655 e. The lowest BCUT2D eigenvalue weighted by Crippen LogP contribution is -2.62. The van der Waals surface area contributed by atoms with Crippen LogP contribution in [0.5, 0.6) is 0 Å². The zero-order valence-electron chi connectivity index (χ0n) is 10.8. The second kappa shape index (κ2) is 4.63. The van der Waals surface area contributed by atoms with E-state index in [0.29, 0.717) is 24.2 Å². The molecule has 0 aromatic rings. The van der Waals surface area contributed by atoms with E-state index in [2.05, 4.69) is 26.1 Å². The highest BCUT2D eigenvalue weighted by molar-refractivity contribution is 5.04. The van der Waals surface area contributed by atoms with E-state index in [-0.39, 0.29) is 5.41 Å². The zero-order chi connectivity index (χ0) is 11.8.